The summed E-state index contributed by atoms with van der Waals surface area (Å²) in [7, 11) is 0. The molecule has 1 aromatic heterocycles. The minimum atomic E-state index is -0.340. The first-order valence-electron chi connectivity index (χ1n) is 8.94. The summed E-state index contributed by atoms with van der Waals surface area (Å²) in [4.78, 5) is 30.8. The summed E-state index contributed by atoms with van der Waals surface area (Å²) in [6, 6.07) is 12.8. The normalized spacial score (nSPS) is 10.5. The monoisotopic (exact) mass is 397 g/mol. The van der Waals surface area contributed by atoms with Gasteiger partial charge in [0.15, 0.2) is 0 Å². The van der Waals surface area contributed by atoms with Crippen molar-refractivity contribution >= 4 is 28.8 Å². The zero-order chi connectivity index (χ0) is 20.1. The van der Waals surface area contributed by atoms with E-state index in [-0.39, 0.29) is 23.3 Å². The summed E-state index contributed by atoms with van der Waals surface area (Å²) in [5, 5.41) is 5.08. The van der Waals surface area contributed by atoms with Gasteiger partial charge < -0.3 is 10.2 Å². The maximum absolute atomic E-state index is 13.0. The van der Waals surface area contributed by atoms with Gasteiger partial charge in [-0.05, 0) is 62.4 Å². The van der Waals surface area contributed by atoms with Crippen LogP contribution in [0.1, 0.15) is 34.7 Å². The molecule has 3 aromatic rings. The molecule has 0 radical (unpaired) electrons. The summed E-state index contributed by atoms with van der Waals surface area (Å²) in [6.45, 7) is 5.16. The van der Waals surface area contributed by atoms with Crippen LogP contribution in [0.15, 0.2) is 53.9 Å². The predicted octanol–water partition coefficient (Wildman–Crippen LogP) is 4.68. The number of hydrogen-bond donors (Lipinski definition) is 1. The Morgan fingerprint density at radius 1 is 1.04 bits per heavy atom. The van der Waals surface area contributed by atoms with E-state index in [2.05, 4.69) is 10.3 Å². The van der Waals surface area contributed by atoms with Crippen molar-refractivity contribution in [2.45, 2.75) is 13.8 Å². The molecule has 0 saturated heterocycles. The van der Waals surface area contributed by atoms with Crippen molar-refractivity contribution in [3.63, 3.8) is 0 Å². The van der Waals surface area contributed by atoms with E-state index in [9.17, 15) is 14.0 Å². The maximum Gasteiger partial charge on any atom is 0.275 e. The maximum atomic E-state index is 13.0. The summed E-state index contributed by atoms with van der Waals surface area (Å²) in [5.41, 5.74) is 2.20. The molecule has 7 heteroatoms. The SMILES string of the molecule is CCN(CC)C(=O)c1ccc(NC(=O)c2csc(-c3ccc(F)cc3)n2)cc1. The molecule has 0 unspecified atom stereocenters. The Balaban J connectivity index is 1.68. The van der Waals surface area contributed by atoms with Crippen molar-refractivity contribution in [1.82, 2.24) is 9.88 Å². The summed E-state index contributed by atoms with van der Waals surface area (Å²) >= 11 is 1.32. The van der Waals surface area contributed by atoms with E-state index in [4.69, 9.17) is 0 Å². The fraction of sp³-hybridized carbons (Fsp3) is 0.190. The molecule has 1 N–H and O–H groups in total. The van der Waals surface area contributed by atoms with Crippen LogP contribution in [0.4, 0.5) is 10.1 Å². The van der Waals surface area contributed by atoms with Crippen LogP contribution in [0.25, 0.3) is 10.6 Å². The first-order valence-corrected chi connectivity index (χ1v) is 9.82. The zero-order valence-corrected chi connectivity index (χ0v) is 16.4. The molecule has 0 aliphatic heterocycles. The van der Waals surface area contributed by atoms with Gasteiger partial charge in [-0.1, -0.05) is 0 Å². The smallest absolute Gasteiger partial charge is 0.275 e. The van der Waals surface area contributed by atoms with E-state index in [0.717, 1.165) is 5.56 Å². The number of aromatic nitrogens is 1. The zero-order valence-electron chi connectivity index (χ0n) is 15.6. The molecule has 0 bridgehead atoms. The lowest BCUT2D eigenvalue weighted by molar-refractivity contribution is 0.0773. The van der Waals surface area contributed by atoms with E-state index in [0.29, 0.717) is 29.3 Å². The van der Waals surface area contributed by atoms with E-state index >= 15 is 0 Å². The fourth-order valence-corrected chi connectivity index (χ4v) is 3.49. The molecule has 0 saturated carbocycles. The Morgan fingerprint density at radius 3 is 2.29 bits per heavy atom. The van der Waals surface area contributed by atoms with Gasteiger partial charge in [-0.15, -0.1) is 11.3 Å². The van der Waals surface area contributed by atoms with Gasteiger partial charge in [0.2, 0.25) is 0 Å². The van der Waals surface area contributed by atoms with Gasteiger partial charge in [-0.3, -0.25) is 9.59 Å². The molecule has 28 heavy (non-hydrogen) atoms. The van der Waals surface area contributed by atoms with Crippen LogP contribution in [-0.2, 0) is 0 Å². The summed E-state index contributed by atoms with van der Waals surface area (Å²) in [6.07, 6.45) is 0. The summed E-state index contributed by atoms with van der Waals surface area (Å²) < 4.78 is 13.0. The first-order chi connectivity index (χ1) is 13.5. The minimum absolute atomic E-state index is 0.0358. The Morgan fingerprint density at radius 2 is 1.68 bits per heavy atom. The average molecular weight is 397 g/mol. The van der Waals surface area contributed by atoms with Crippen molar-refractivity contribution < 1.29 is 14.0 Å². The molecule has 5 nitrogen and oxygen atoms in total. The summed E-state index contributed by atoms with van der Waals surface area (Å²) in [5.74, 6) is -0.694. The Hall–Kier alpha value is -3.06. The molecular weight excluding hydrogens is 377 g/mol. The number of benzene rings is 2. The third-order valence-electron chi connectivity index (χ3n) is 4.27. The second-order valence-electron chi connectivity index (χ2n) is 6.05. The number of nitrogens with one attached hydrogen (secondary N) is 1. The molecular formula is C21H20FN3O2S. The minimum Gasteiger partial charge on any atom is -0.339 e. The molecule has 0 aliphatic rings. The van der Waals surface area contributed by atoms with E-state index < -0.39 is 0 Å². The van der Waals surface area contributed by atoms with E-state index in [1.54, 1.807) is 46.7 Å². The fourth-order valence-electron chi connectivity index (χ4n) is 2.69. The third-order valence-corrected chi connectivity index (χ3v) is 5.16. The van der Waals surface area contributed by atoms with Crippen molar-refractivity contribution in [1.29, 1.82) is 0 Å². The number of anilines is 1. The predicted molar refractivity (Wildman–Crippen MR) is 109 cm³/mol. The van der Waals surface area contributed by atoms with Gasteiger partial charge in [-0.25, -0.2) is 9.37 Å². The third kappa shape index (κ3) is 4.43. The second kappa shape index (κ2) is 8.75. The molecule has 3 rings (SSSR count). The van der Waals surface area contributed by atoms with Crippen LogP contribution in [0.5, 0.6) is 0 Å². The number of amides is 2. The van der Waals surface area contributed by atoms with Gasteiger partial charge in [0, 0.05) is 35.3 Å². The number of halogens is 1. The lowest BCUT2D eigenvalue weighted by Crippen LogP contribution is -2.30. The van der Waals surface area contributed by atoms with Crippen LogP contribution >= 0.6 is 11.3 Å². The highest BCUT2D eigenvalue weighted by Gasteiger charge is 2.14. The molecule has 144 valence electrons. The highest BCUT2D eigenvalue weighted by Crippen LogP contribution is 2.24. The number of nitrogens with zero attached hydrogens (tertiary/aromatic N) is 2. The molecule has 0 fully saturated rings. The molecule has 2 amide bonds. The van der Waals surface area contributed by atoms with Gasteiger partial charge in [-0.2, -0.15) is 0 Å². The van der Waals surface area contributed by atoms with Crippen LogP contribution in [0.2, 0.25) is 0 Å². The quantitative estimate of drug-likeness (QED) is 0.657. The largest absolute Gasteiger partial charge is 0.339 e. The van der Waals surface area contributed by atoms with Crippen LogP contribution < -0.4 is 5.32 Å². The topological polar surface area (TPSA) is 62.3 Å². The molecule has 0 spiro atoms. The van der Waals surface area contributed by atoms with E-state index in [1.165, 1.54) is 23.5 Å². The molecule has 0 aliphatic carbocycles. The average Bonchev–Trinajstić information content (AvgIpc) is 3.20. The number of carbonyl (C=O) groups is 2. The Bertz CT molecular complexity index is 964. The number of rotatable bonds is 6. The van der Waals surface area contributed by atoms with Crippen LogP contribution in [-0.4, -0.2) is 34.8 Å². The Kier molecular flexibility index (Phi) is 6.16. The molecule has 1 heterocycles. The second-order valence-corrected chi connectivity index (χ2v) is 6.91. The van der Waals surface area contributed by atoms with Crippen molar-refractivity contribution in [2.75, 3.05) is 18.4 Å². The van der Waals surface area contributed by atoms with E-state index in [1.807, 2.05) is 13.8 Å². The van der Waals surface area contributed by atoms with Gasteiger partial charge in [0.05, 0.1) is 0 Å². The number of thiazole rings is 1. The number of hydrogen-bond acceptors (Lipinski definition) is 4. The highest BCUT2D eigenvalue weighted by atomic mass is 32.1. The van der Waals surface area contributed by atoms with Crippen LogP contribution in [0, 0.1) is 5.82 Å². The van der Waals surface area contributed by atoms with Crippen molar-refractivity contribution in [3.05, 3.63) is 71.0 Å². The van der Waals surface area contributed by atoms with Gasteiger partial charge >= 0.3 is 0 Å². The molecule has 0 atom stereocenters. The molecule has 2 aromatic carbocycles. The van der Waals surface area contributed by atoms with Gasteiger partial charge in [0.1, 0.15) is 16.5 Å². The highest BCUT2D eigenvalue weighted by molar-refractivity contribution is 7.13. The van der Waals surface area contributed by atoms with Gasteiger partial charge in [0.25, 0.3) is 11.8 Å². The van der Waals surface area contributed by atoms with Crippen molar-refractivity contribution in [2.24, 2.45) is 0 Å². The first kappa shape index (κ1) is 19.7. The van der Waals surface area contributed by atoms with Crippen molar-refractivity contribution in [3.8, 4) is 10.6 Å². The Labute approximate surface area is 166 Å². The lowest BCUT2D eigenvalue weighted by Gasteiger charge is -2.18. The lowest BCUT2D eigenvalue weighted by atomic mass is 10.1. The standard InChI is InChI=1S/C21H20FN3O2S/c1-3-25(4-2)21(27)15-7-11-17(12-8-15)23-19(26)18-13-28-20(24-18)14-5-9-16(22)10-6-14/h5-13H,3-4H2,1-2H3,(H,23,26). The van der Waals surface area contributed by atoms with Crippen LogP contribution in [0.3, 0.4) is 0 Å². The number of carbonyl (C=O) groups excluding carboxylic acids is 2.